The Morgan fingerprint density at radius 3 is 0.182 bits per heavy atom. The molecule has 0 radical (unpaired) electrons. The van der Waals surface area contributed by atoms with E-state index in [1.165, 1.54) is 0 Å². The summed E-state index contributed by atoms with van der Waals surface area (Å²) in [6, 6.07) is 0. The lowest BCUT2D eigenvalue weighted by atomic mass is 12.0. The van der Waals surface area contributed by atoms with Gasteiger partial charge in [-0.15, -0.1) is 0 Å². The van der Waals surface area contributed by atoms with E-state index in [9.17, 15) is 0 Å². The van der Waals surface area contributed by atoms with Crippen LogP contribution in [0.3, 0.4) is 0 Å². The third kappa shape index (κ3) is 227. The molecule has 0 spiro atoms. The Morgan fingerprint density at radius 1 is 0.182 bits per heavy atom. The van der Waals surface area contributed by atoms with E-state index in [1.54, 1.807) is 0 Å². The van der Waals surface area contributed by atoms with Crippen molar-refractivity contribution in [3.63, 3.8) is 0 Å². The van der Waals surface area contributed by atoms with E-state index in [-0.39, 0.29) is 124 Å². The van der Waals surface area contributed by atoms with Gasteiger partial charge in [0.1, 0.15) is 0 Å². The molecule has 0 rings (SSSR count). The highest BCUT2D eigenvalue weighted by Crippen LogP contribution is 0.654. The molecule has 7 heteroatoms. The number of rotatable bonds is 0. The van der Waals surface area contributed by atoms with Crippen molar-refractivity contribution >= 4 is 94.5 Å². The standard InChI is InChI=1S/4CH4.7H2S/h4*1H4;7*1H2. The SMILES string of the molecule is C.C.C.C.S.S.S.S.S.S.S. The van der Waals surface area contributed by atoms with E-state index in [4.69, 9.17) is 0 Å². The molecule has 0 saturated heterocycles. The predicted octanol–water partition coefficient (Wildman–Crippen LogP) is 3.33. The van der Waals surface area contributed by atoms with Crippen LogP contribution in [0.15, 0.2) is 0 Å². The fourth-order valence-electron chi connectivity index (χ4n) is 0. The van der Waals surface area contributed by atoms with Crippen LogP contribution in [-0.2, 0) is 0 Å². The summed E-state index contributed by atoms with van der Waals surface area (Å²) >= 11 is 0. The smallest absolute Gasteiger partial charge is 0.0776 e. The Morgan fingerprint density at radius 2 is 0.182 bits per heavy atom. The van der Waals surface area contributed by atoms with Gasteiger partial charge < -0.3 is 0 Å². The highest BCUT2D eigenvalue weighted by atomic mass is 32.1. The summed E-state index contributed by atoms with van der Waals surface area (Å²) in [5.74, 6) is 0. The number of hydrogen-bond donors (Lipinski definition) is 0. The molecule has 0 nitrogen and oxygen atoms in total. The van der Waals surface area contributed by atoms with Crippen LogP contribution in [0.25, 0.3) is 0 Å². The fourth-order valence-corrected chi connectivity index (χ4v) is 0. The zero-order valence-electron chi connectivity index (χ0n) is 3.50. The Hall–Kier alpha value is 2.45. The Balaban J connectivity index is 0. The average molecular weight is 303 g/mol. The van der Waals surface area contributed by atoms with E-state index in [1.807, 2.05) is 0 Å². The molecule has 0 aliphatic carbocycles. The van der Waals surface area contributed by atoms with Crippen LogP contribution in [-0.4, -0.2) is 0 Å². The minimum atomic E-state index is 0. The minimum absolute atomic E-state index is 0. The van der Waals surface area contributed by atoms with Crippen molar-refractivity contribution in [3.8, 4) is 0 Å². The summed E-state index contributed by atoms with van der Waals surface area (Å²) < 4.78 is 0. The normalized spacial score (nSPS) is 0. The molecule has 0 atom stereocenters. The molecule has 0 saturated carbocycles. The monoisotopic (exact) mass is 302 g/mol. The van der Waals surface area contributed by atoms with Gasteiger partial charge >= 0.3 is 0 Å². The zero-order valence-corrected chi connectivity index (χ0v) is 10.5. The molecule has 0 bridgehead atoms. The molecule has 0 aromatic carbocycles. The van der Waals surface area contributed by atoms with Crippen LogP contribution >= 0.6 is 94.5 Å². The van der Waals surface area contributed by atoms with Crippen LogP contribution in [0.1, 0.15) is 29.7 Å². The summed E-state index contributed by atoms with van der Waals surface area (Å²) in [7, 11) is 0. The van der Waals surface area contributed by atoms with Gasteiger partial charge in [0.15, 0.2) is 0 Å². The maximum absolute atomic E-state index is 0. The van der Waals surface area contributed by atoms with Crippen LogP contribution in [0, 0.1) is 0 Å². The Labute approximate surface area is 123 Å². The van der Waals surface area contributed by atoms with Crippen LogP contribution in [0.4, 0.5) is 0 Å². The highest BCUT2D eigenvalue weighted by Gasteiger charge is -0.0743. The van der Waals surface area contributed by atoms with E-state index >= 15 is 0 Å². The second-order valence-corrected chi connectivity index (χ2v) is 0. The molecule has 11 heavy (non-hydrogen) atoms. The lowest BCUT2D eigenvalue weighted by Gasteiger charge is -0.198. The van der Waals surface area contributed by atoms with Crippen LogP contribution in [0.5, 0.6) is 0 Å². The van der Waals surface area contributed by atoms with E-state index < -0.39 is 0 Å². The molecule has 0 heterocycles. The first-order valence-corrected chi connectivity index (χ1v) is 0. The van der Waals surface area contributed by atoms with E-state index in [0.717, 1.165) is 0 Å². The quantitative estimate of drug-likeness (QED) is 0.644. The van der Waals surface area contributed by atoms with Gasteiger partial charge in [-0.3, -0.25) is 0 Å². The third-order valence-electron chi connectivity index (χ3n) is 0. The summed E-state index contributed by atoms with van der Waals surface area (Å²) in [6.45, 7) is 0. The van der Waals surface area contributed by atoms with Gasteiger partial charge in [-0.25, -0.2) is 0 Å². The molecule has 0 aliphatic rings. The average Bonchev–Trinajstić information content (AvgIpc) is 0. The van der Waals surface area contributed by atoms with E-state index in [2.05, 4.69) is 0 Å². The van der Waals surface area contributed by atoms with Crippen LogP contribution < -0.4 is 0 Å². The van der Waals surface area contributed by atoms with Crippen molar-refractivity contribution in [3.05, 3.63) is 0 Å². The largest absolute Gasteiger partial charge is 0.197 e. The van der Waals surface area contributed by atoms with Crippen molar-refractivity contribution in [1.29, 1.82) is 0 Å². The Bertz CT molecular complexity index is 10.4. The third-order valence-corrected chi connectivity index (χ3v) is 0. The van der Waals surface area contributed by atoms with Gasteiger partial charge in [-0.05, 0) is 0 Å². The molecule has 0 amide bonds. The molecular weight excluding hydrogens is 273 g/mol. The molecule has 0 aliphatic heterocycles. The van der Waals surface area contributed by atoms with Gasteiger partial charge in [0.25, 0.3) is 0 Å². The molecule has 0 fully saturated rings. The van der Waals surface area contributed by atoms with Gasteiger partial charge in [0.2, 0.25) is 0 Å². The molecular formula is C4H30S7. The maximum Gasteiger partial charge on any atom is -0.0776 e. The van der Waals surface area contributed by atoms with Gasteiger partial charge in [0.05, 0.1) is 0 Å². The first-order valence-electron chi connectivity index (χ1n) is 0. The Kier molecular flexibility index (Phi) is 8590. The minimum Gasteiger partial charge on any atom is -0.197 e. The molecule has 0 unspecified atom stereocenters. The van der Waals surface area contributed by atoms with Crippen molar-refractivity contribution in [1.82, 2.24) is 0 Å². The van der Waals surface area contributed by atoms with Gasteiger partial charge in [0, 0.05) is 0 Å². The van der Waals surface area contributed by atoms with Gasteiger partial charge in [-0.1, -0.05) is 29.7 Å². The highest BCUT2D eigenvalue weighted by molar-refractivity contribution is 7.60. The summed E-state index contributed by atoms with van der Waals surface area (Å²) in [4.78, 5) is 0. The second kappa shape index (κ2) is 272. The maximum atomic E-state index is 0. The lowest BCUT2D eigenvalue weighted by Crippen LogP contribution is 0.143. The summed E-state index contributed by atoms with van der Waals surface area (Å²) in [6.07, 6.45) is 0. The van der Waals surface area contributed by atoms with Crippen molar-refractivity contribution in [2.45, 2.75) is 29.7 Å². The molecule has 0 aromatic rings. The molecule has 0 aromatic heterocycles. The first-order chi connectivity index (χ1) is 0. The second-order valence-electron chi connectivity index (χ2n) is 0. The first kappa shape index (κ1) is 347. The van der Waals surface area contributed by atoms with E-state index in [0.29, 0.717) is 0 Å². The molecule has 0 N–H and O–H groups in total. The topological polar surface area (TPSA) is 0 Å². The van der Waals surface area contributed by atoms with Crippen molar-refractivity contribution in [2.75, 3.05) is 0 Å². The lowest BCUT2D eigenvalue weighted by molar-refractivity contribution is 2.50. The van der Waals surface area contributed by atoms with Gasteiger partial charge in [-0.2, -0.15) is 94.5 Å². The predicted molar refractivity (Wildman–Crippen MR) is 99.6 cm³/mol. The summed E-state index contributed by atoms with van der Waals surface area (Å²) in [5, 5.41) is 0. The van der Waals surface area contributed by atoms with Crippen LogP contribution in [0.2, 0.25) is 0 Å². The molecule has 88 valence electrons. The zero-order chi connectivity index (χ0) is 0. The van der Waals surface area contributed by atoms with Crippen molar-refractivity contribution < 1.29 is 0 Å². The van der Waals surface area contributed by atoms with Crippen molar-refractivity contribution in [2.24, 2.45) is 0 Å². The number of hydrogen-bond acceptors (Lipinski definition) is 0. The fraction of sp³-hybridized carbons (Fsp3) is 1.00. The summed E-state index contributed by atoms with van der Waals surface area (Å²) in [5.41, 5.74) is 0.